The standard InChI is InChI=1S/C54H35N/c1-3-18-43-37(13-1)15-12-26-44(43)38-29-27-36(28-30-38)39-16-11-17-41(33-39)55(54-34-40-14-2-4-19-45(40)46-20-9-10-25-52(46)54)42-31-32-51-49-23-6-5-21-47(49)48-22-7-8-24-50(48)53(51)35-42/h1-35H. The zero-order valence-electron chi connectivity index (χ0n) is 30.2. The minimum absolute atomic E-state index is 1.11. The van der Waals surface area contributed by atoms with Gasteiger partial charge < -0.3 is 4.90 Å². The zero-order chi connectivity index (χ0) is 36.3. The van der Waals surface area contributed by atoms with E-state index in [1.54, 1.807) is 0 Å². The molecule has 0 amide bonds. The van der Waals surface area contributed by atoms with Crippen LogP contribution in [0.15, 0.2) is 212 Å². The molecule has 0 fully saturated rings. The Labute approximate surface area is 320 Å². The van der Waals surface area contributed by atoms with Crippen molar-refractivity contribution in [2.45, 2.75) is 0 Å². The first kappa shape index (κ1) is 31.3. The first-order chi connectivity index (χ1) is 27.3. The van der Waals surface area contributed by atoms with Gasteiger partial charge in [-0.3, -0.25) is 0 Å². The van der Waals surface area contributed by atoms with Crippen LogP contribution in [0, 0.1) is 0 Å². The van der Waals surface area contributed by atoms with Gasteiger partial charge in [0.2, 0.25) is 0 Å². The van der Waals surface area contributed by atoms with Crippen molar-refractivity contribution < 1.29 is 0 Å². The highest BCUT2D eigenvalue weighted by atomic mass is 15.1. The molecule has 0 heterocycles. The van der Waals surface area contributed by atoms with Crippen LogP contribution in [-0.2, 0) is 0 Å². The van der Waals surface area contributed by atoms with Crippen molar-refractivity contribution >= 4 is 81.7 Å². The third-order valence-corrected chi connectivity index (χ3v) is 11.4. The molecule has 11 aromatic rings. The summed E-state index contributed by atoms with van der Waals surface area (Å²) < 4.78 is 0. The molecular formula is C54H35N. The number of nitrogens with zero attached hydrogens (tertiary/aromatic N) is 1. The predicted octanol–water partition coefficient (Wildman–Crippen LogP) is 15.4. The summed E-state index contributed by atoms with van der Waals surface area (Å²) in [6, 6.07) is 77.9. The normalized spacial score (nSPS) is 11.6. The van der Waals surface area contributed by atoms with E-state index >= 15 is 0 Å². The summed E-state index contributed by atoms with van der Waals surface area (Å²) in [7, 11) is 0. The molecule has 0 spiro atoms. The summed E-state index contributed by atoms with van der Waals surface area (Å²) in [5, 5.41) is 15.1. The molecule has 1 heteroatoms. The average Bonchev–Trinajstić information content (AvgIpc) is 3.26. The van der Waals surface area contributed by atoms with E-state index in [4.69, 9.17) is 0 Å². The molecule has 0 unspecified atom stereocenters. The topological polar surface area (TPSA) is 3.24 Å². The lowest BCUT2D eigenvalue weighted by Gasteiger charge is -2.28. The van der Waals surface area contributed by atoms with Gasteiger partial charge in [0, 0.05) is 16.8 Å². The van der Waals surface area contributed by atoms with E-state index < -0.39 is 0 Å². The maximum Gasteiger partial charge on any atom is 0.0546 e. The van der Waals surface area contributed by atoms with E-state index in [-0.39, 0.29) is 0 Å². The highest BCUT2D eigenvalue weighted by molar-refractivity contribution is 6.26. The van der Waals surface area contributed by atoms with E-state index in [2.05, 4.69) is 217 Å². The Bertz CT molecular complexity index is 3220. The lowest BCUT2D eigenvalue weighted by atomic mass is 9.93. The molecule has 0 saturated carbocycles. The Kier molecular flexibility index (Phi) is 7.25. The summed E-state index contributed by atoms with van der Waals surface area (Å²) in [4.78, 5) is 2.46. The summed E-state index contributed by atoms with van der Waals surface area (Å²) in [5.41, 5.74) is 8.22. The molecule has 0 saturated heterocycles. The zero-order valence-corrected chi connectivity index (χ0v) is 30.2. The number of anilines is 3. The molecule has 0 bridgehead atoms. The Morgan fingerprint density at radius 1 is 0.236 bits per heavy atom. The second kappa shape index (κ2) is 12.7. The summed E-state index contributed by atoms with van der Waals surface area (Å²) in [6.07, 6.45) is 0. The van der Waals surface area contributed by atoms with Gasteiger partial charge in [-0.2, -0.15) is 0 Å². The molecule has 0 aliphatic carbocycles. The Morgan fingerprint density at radius 3 is 1.44 bits per heavy atom. The number of benzene rings is 11. The summed E-state index contributed by atoms with van der Waals surface area (Å²) in [6.45, 7) is 0. The molecule has 0 N–H and O–H groups in total. The van der Waals surface area contributed by atoms with Crippen LogP contribution in [0.5, 0.6) is 0 Å². The van der Waals surface area contributed by atoms with Crippen LogP contribution in [-0.4, -0.2) is 0 Å². The molecule has 256 valence electrons. The first-order valence-electron chi connectivity index (χ1n) is 19.0. The molecule has 55 heavy (non-hydrogen) atoms. The number of rotatable bonds is 5. The quantitative estimate of drug-likeness (QED) is 0.162. The fourth-order valence-electron chi connectivity index (χ4n) is 8.83. The maximum atomic E-state index is 2.46. The Morgan fingerprint density at radius 2 is 0.727 bits per heavy atom. The van der Waals surface area contributed by atoms with Crippen molar-refractivity contribution in [1.82, 2.24) is 0 Å². The largest absolute Gasteiger partial charge is 0.310 e. The van der Waals surface area contributed by atoms with Crippen molar-refractivity contribution in [2.24, 2.45) is 0 Å². The Balaban J connectivity index is 1.12. The van der Waals surface area contributed by atoms with Gasteiger partial charge in [-0.15, -0.1) is 0 Å². The van der Waals surface area contributed by atoms with Crippen LogP contribution in [0.4, 0.5) is 17.1 Å². The molecule has 0 radical (unpaired) electrons. The number of fused-ring (bicyclic) bond motifs is 10. The van der Waals surface area contributed by atoms with E-state index in [1.165, 1.54) is 86.9 Å². The van der Waals surface area contributed by atoms with Gasteiger partial charge in [-0.05, 0) is 112 Å². The fourth-order valence-corrected chi connectivity index (χ4v) is 8.83. The lowest BCUT2D eigenvalue weighted by Crippen LogP contribution is -2.11. The van der Waals surface area contributed by atoms with Crippen molar-refractivity contribution in [2.75, 3.05) is 4.90 Å². The van der Waals surface area contributed by atoms with Crippen molar-refractivity contribution in [3.8, 4) is 22.3 Å². The van der Waals surface area contributed by atoms with Gasteiger partial charge in [0.1, 0.15) is 0 Å². The van der Waals surface area contributed by atoms with E-state index in [0.717, 1.165) is 17.1 Å². The highest BCUT2D eigenvalue weighted by Crippen LogP contribution is 2.45. The van der Waals surface area contributed by atoms with E-state index in [0.29, 0.717) is 0 Å². The van der Waals surface area contributed by atoms with Crippen LogP contribution in [0.3, 0.4) is 0 Å². The molecule has 0 aliphatic rings. The third kappa shape index (κ3) is 5.16. The minimum atomic E-state index is 1.11. The first-order valence-corrected chi connectivity index (χ1v) is 19.0. The van der Waals surface area contributed by atoms with Crippen molar-refractivity contribution in [3.63, 3.8) is 0 Å². The Hall–Kier alpha value is -7.22. The van der Waals surface area contributed by atoms with Gasteiger partial charge in [-0.1, -0.05) is 182 Å². The summed E-state index contributed by atoms with van der Waals surface area (Å²) in [5.74, 6) is 0. The molecule has 0 aromatic heterocycles. The smallest absolute Gasteiger partial charge is 0.0546 e. The second-order valence-corrected chi connectivity index (χ2v) is 14.5. The van der Waals surface area contributed by atoms with Gasteiger partial charge in [0.25, 0.3) is 0 Å². The van der Waals surface area contributed by atoms with Gasteiger partial charge in [0.15, 0.2) is 0 Å². The average molecular weight is 698 g/mol. The minimum Gasteiger partial charge on any atom is -0.310 e. The van der Waals surface area contributed by atoms with E-state index in [9.17, 15) is 0 Å². The van der Waals surface area contributed by atoms with Crippen molar-refractivity contribution in [3.05, 3.63) is 212 Å². The maximum absolute atomic E-state index is 2.46. The molecule has 11 rings (SSSR count). The molecule has 11 aromatic carbocycles. The van der Waals surface area contributed by atoms with Crippen LogP contribution < -0.4 is 4.90 Å². The monoisotopic (exact) mass is 697 g/mol. The predicted molar refractivity (Wildman–Crippen MR) is 237 cm³/mol. The van der Waals surface area contributed by atoms with Gasteiger partial charge in [0.05, 0.1) is 5.69 Å². The van der Waals surface area contributed by atoms with Crippen LogP contribution in [0.1, 0.15) is 0 Å². The van der Waals surface area contributed by atoms with Crippen LogP contribution in [0.2, 0.25) is 0 Å². The SMILES string of the molecule is c1cc(-c2ccc(-c3cccc4ccccc34)cc2)cc(N(c2ccc3c4ccccc4c4ccccc4c3c2)c2cc3ccccc3c3ccccc23)c1. The van der Waals surface area contributed by atoms with Crippen molar-refractivity contribution in [1.29, 1.82) is 0 Å². The second-order valence-electron chi connectivity index (χ2n) is 14.5. The van der Waals surface area contributed by atoms with Crippen LogP contribution >= 0.6 is 0 Å². The molecular weight excluding hydrogens is 663 g/mol. The molecule has 0 aliphatic heterocycles. The van der Waals surface area contributed by atoms with E-state index in [1.807, 2.05) is 0 Å². The lowest BCUT2D eigenvalue weighted by molar-refractivity contribution is 1.31. The molecule has 0 atom stereocenters. The van der Waals surface area contributed by atoms with Gasteiger partial charge >= 0.3 is 0 Å². The fraction of sp³-hybridized carbons (Fsp3) is 0. The van der Waals surface area contributed by atoms with Gasteiger partial charge in [-0.25, -0.2) is 0 Å². The number of hydrogen-bond acceptors (Lipinski definition) is 1. The number of hydrogen-bond donors (Lipinski definition) is 0. The third-order valence-electron chi connectivity index (χ3n) is 11.4. The highest BCUT2D eigenvalue weighted by Gasteiger charge is 2.20. The summed E-state index contributed by atoms with van der Waals surface area (Å²) >= 11 is 0. The molecule has 1 nitrogen and oxygen atoms in total. The van der Waals surface area contributed by atoms with Crippen LogP contribution in [0.25, 0.3) is 86.9 Å².